The molecular formula is C21H23ClN2OS. The van der Waals surface area contributed by atoms with Gasteiger partial charge >= 0.3 is 0 Å². The molecule has 1 fully saturated rings. The van der Waals surface area contributed by atoms with Gasteiger partial charge in [-0.1, -0.05) is 23.7 Å². The molecule has 0 saturated heterocycles. The second-order valence-electron chi connectivity index (χ2n) is 6.93. The molecule has 1 aromatic carbocycles. The van der Waals surface area contributed by atoms with E-state index in [1.807, 2.05) is 18.3 Å². The van der Waals surface area contributed by atoms with Crippen LogP contribution in [-0.2, 0) is 6.42 Å². The topological polar surface area (TPSA) is 34.1 Å². The van der Waals surface area contributed by atoms with Gasteiger partial charge in [-0.2, -0.15) is 0 Å². The number of hydrogen-bond donors (Lipinski definition) is 1. The Balaban J connectivity index is 1.64. The van der Waals surface area contributed by atoms with Gasteiger partial charge in [0.2, 0.25) is 0 Å². The highest BCUT2D eigenvalue weighted by Gasteiger charge is 2.19. The zero-order valence-corrected chi connectivity index (χ0v) is 16.4. The molecule has 0 radical (unpaired) electrons. The summed E-state index contributed by atoms with van der Waals surface area (Å²) < 4.78 is 9.69. The number of nitrogens with one attached hydrogen (secondary N) is 1. The number of halogens is 1. The number of fused-ring (bicyclic) bond motifs is 2. The fourth-order valence-corrected chi connectivity index (χ4v) is 4.63. The zero-order valence-electron chi connectivity index (χ0n) is 14.9. The number of benzene rings is 1. The molecule has 0 bridgehead atoms. The molecular weight excluding hydrogens is 364 g/mol. The van der Waals surface area contributed by atoms with Crippen LogP contribution in [0, 0.1) is 0 Å². The van der Waals surface area contributed by atoms with Crippen molar-refractivity contribution in [2.24, 2.45) is 0 Å². The molecule has 5 heteroatoms. The number of aromatic nitrogens is 1. The van der Waals surface area contributed by atoms with Crippen LogP contribution in [0.15, 0.2) is 47.5 Å². The average Bonchev–Trinajstić information content (AvgIpc) is 3.17. The largest absolute Gasteiger partial charge is 0.490 e. The normalized spacial score (nSPS) is 22.8. The van der Waals surface area contributed by atoms with Gasteiger partial charge < -0.3 is 4.74 Å². The minimum Gasteiger partial charge on any atom is -0.490 e. The van der Waals surface area contributed by atoms with Crippen LogP contribution in [0.25, 0.3) is 5.03 Å². The fraction of sp³-hybridized carbons (Fsp3) is 0.381. The summed E-state index contributed by atoms with van der Waals surface area (Å²) >= 11 is 8.27. The monoisotopic (exact) mass is 386 g/mol. The summed E-state index contributed by atoms with van der Waals surface area (Å²) in [5.41, 5.74) is 3.21. The highest BCUT2D eigenvalue weighted by atomic mass is 35.5. The van der Waals surface area contributed by atoms with Crippen molar-refractivity contribution in [3.05, 3.63) is 59.4 Å². The molecule has 1 aliphatic heterocycles. The maximum Gasteiger partial charge on any atom is 0.120 e. The van der Waals surface area contributed by atoms with E-state index in [0.717, 1.165) is 28.5 Å². The Labute approximate surface area is 164 Å². The zero-order chi connectivity index (χ0) is 17.9. The third-order valence-corrected chi connectivity index (χ3v) is 6.44. The lowest BCUT2D eigenvalue weighted by molar-refractivity contribution is 0.209. The van der Waals surface area contributed by atoms with Gasteiger partial charge in [-0.3, -0.25) is 9.71 Å². The summed E-state index contributed by atoms with van der Waals surface area (Å²) in [5.74, 6) is 0.966. The van der Waals surface area contributed by atoms with Crippen LogP contribution in [0.2, 0.25) is 0 Å². The van der Waals surface area contributed by atoms with Crippen LogP contribution in [0.1, 0.15) is 55.5 Å². The van der Waals surface area contributed by atoms with Crippen molar-refractivity contribution in [1.29, 1.82) is 0 Å². The lowest BCUT2D eigenvalue weighted by Crippen LogP contribution is -2.15. The third-order valence-electron chi connectivity index (χ3n) is 4.99. The number of hydrogen-bond acceptors (Lipinski definition) is 4. The molecule has 0 amide bonds. The minimum absolute atomic E-state index is 0.0960. The number of nitrogens with zero attached hydrogens (tertiary/aromatic N) is 1. The van der Waals surface area contributed by atoms with Crippen molar-refractivity contribution >= 4 is 28.6 Å². The molecule has 4 rings (SSSR count). The quantitative estimate of drug-likeness (QED) is 0.652. The maximum absolute atomic E-state index is 6.61. The molecule has 2 heterocycles. The summed E-state index contributed by atoms with van der Waals surface area (Å²) in [6.45, 7) is 2.11. The molecule has 3 nitrogen and oxygen atoms in total. The fourth-order valence-electron chi connectivity index (χ4n) is 3.57. The number of pyridine rings is 1. The number of ether oxygens (including phenoxy) is 1. The van der Waals surface area contributed by atoms with E-state index >= 15 is 0 Å². The summed E-state index contributed by atoms with van der Waals surface area (Å²) in [6, 6.07) is 10.5. The van der Waals surface area contributed by atoms with E-state index in [4.69, 9.17) is 16.3 Å². The second-order valence-corrected chi connectivity index (χ2v) is 8.21. The molecule has 0 spiro atoms. The van der Waals surface area contributed by atoms with Crippen molar-refractivity contribution in [1.82, 2.24) is 9.71 Å². The molecule has 2 aliphatic rings. The van der Waals surface area contributed by atoms with Crippen LogP contribution in [-0.4, -0.2) is 11.1 Å². The summed E-state index contributed by atoms with van der Waals surface area (Å²) in [5, 5.41) is 0.752. The molecule has 1 saturated carbocycles. The van der Waals surface area contributed by atoms with Gasteiger partial charge in [0.25, 0.3) is 0 Å². The van der Waals surface area contributed by atoms with Crippen molar-refractivity contribution in [2.75, 3.05) is 0 Å². The van der Waals surface area contributed by atoms with Gasteiger partial charge in [0.05, 0.1) is 17.8 Å². The Kier molecular flexibility index (Phi) is 5.53. The summed E-state index contributed by atoms with van der Waals surface area (Å²) in [4.78, 5) is 5.74. The third kappa shape index (κ3) is 3.93. The Bertz CT molecular complexity index is 817. The van der Waals surface area contributed by atoms with E-state index in [-0.39, 0.29) is 6.04 Å². The van der Waals surface area contributed by atoms with Gasteiger partial charge in [0.1, 0.15) is 5.75 Å². The van der Waals surface area contributed by atoms with Crippen LogP contribution >= 0.6 is 23.5 Å². The minimum atomic E-state index is 0.0960. The molecule has 1 unspecified atom stereocenters. The molecule has 1 N–H and O–H groups in total. The van der Waals surface area contributed by atoms with Gasteiger partial charge in [-0.15, -0.1) is 0 Å². The average molecular weight is 387 g/mol. The van der Waals surface area contributed by atoms with E-state index in [1.54, 1.807) is 11.9 Å². The molecule has 136 valence electrons. The van der Waals surface area contributed by atoms with Crippen LogP contribution in [0.5, 0.6) is 5.75 Å². The predicted molar refractivity (Wildman–Crippen MR) is 109 cm³/mol. The summed E-state index contributed by atoms with van der Waals surface area (Å²) in [6.07, 6.45) is 9.93. The van der Waals surface area contributed by atoms with E-state index in [9.17, 15) is 0 Å². The van der Waals surface area contributed by atoms with Gasteiger partial charge in [0, 0.05) is 21.7 Å². The smallest absolute Gasteiger partial charge is 0.120 e. The van der Waals surface area contributed by atoms with Gasteiger partial charge in [-0.25, -0.2) is 0 Å². The standard InChI is InChI=1S/C21H23ClN2OS/c1-14-21-18(7-4-12-23-21)19(22)10-8-15-13-17(9-11-20(15)26-24-14)25-16-5-2-3-6-16/h4,7,9-14,16,24H,2-3,5-6,8H2,1H3/b19-10+. The van der Waals surface area contributed by atoms with Crippen LogP contribution < -0.4 is 9.46 Å². The second kappa shape index (κ2) is 8.03. The maximum atomic E-state index is 6.61. The van der Waals surface area contributed by atoms with E-state index in [1.165, 1.54) is 36.1 Å². The van der Waals surface area contributed by atoms with Crippen molar-refractivity contribution in [3.63, 3.8) is 0 Å². The number of rotatable bonds is 2. The molecule has 1 aromatic heterocycles. The van der Waals surface area contributed by atoms with Crippen molar-refractivity contribution < 1.29 is 4.74 Å². The Morgan fingerprint density at radius 1 is 1.23 bits per heavy atom. The van der Waals surface area contributed by atoms with Crippen LogP contribution in [0.3, 0.4) is 0 Å². The first-order valence-corrected chi connectivity index (χ1v) is 10.4. The van der Waals surface area contributed by atoms with Gasteiger partial charge in [0.15, 0.2) is 0 Å². The highest BCUT2D eigenvalue weighted by Crippen LogP contribution is 2.34. The first-order chi connectivity index (χ1) is 12.7. The first-order valence-electron chi connectivity index (χ1n) is 9.23. The Morgan fingerprint density at radius 2 is 2.08 bits per heavy atom. The highest BCUT2D eigenvalue weighted by molar-refractivity contribution is 7.97. The number of allylic oxidation sites excluding steroid dienone is 1. The van der Waals surface area contributed by atoms with Gasteiger partial charge in [-0.05, 0) is 80.8 Å². The molecule has 1 aliphatic carbocycles. The van der Waals surface area contributed by atoms with Crippen molar-refractivity contribution in [3.8, 4) is 5.75 Å². The lowest BCUT2D eigenvalue weighted by atomic mass is 10.1. The molecule has 26 heavy (non-hydrogen) atoms. The van der Waals surface area contributed by atoms with E-state index in [2.05, 4.69) is 40.9 Å². The van der Waals surface area contributed by atoms with Crippen LogP contribution in [0.4, 0.5) is 0 Å². The SMILES string of the molecule is CC1NSc2ccc(OC3CCCC3)cc2C/C=C(/Cl)c2cccnc21. The summed E-state index contributed by atoms with van der Waals surface area (Å²) in [7, 11) is 0. The Morgan fingerprint density at radius 3 is 2.92 bits per heavy atom. The lowest BCUT2D eigenvalue weighted by Gasteiger charge is -2.20. The predicted octanol–water partition coefficient (Wildman–Crippen LogP) is 5.90. The Hall–Kier alpha value is -1.49. The molecule has 2 aromatic rings. The van der Waals surface area contributed by atoms with E-state index in [0.29, 0.717) is 6.10 Å². The first kappa shape index (κ1) is 17.9. The van der Waals surface area contributed by atoms with Crippen molar-refractivity contribution in [2.45, 2.75) is 56.1 Å². The molecule has 1 atom stereocenters. The van der Waals surface area contributed by atoms with E-state index < -0.39 is 0 Å².